The van der Waals surface area contributed by atoms with Crippen LogP contribution in [-0.2, 0) is 0 Å². The van der Waals surface area contributed by atoms with E-state index >= 15 is 0 Å². The lowest BCUT2D eigenvalue weighted by Gasteiger charge is -2.34. The Morgan fingerprint density at radius 1 is 1.00 bits per heavy atom. The summed E-state index contributed by atoms with van der Waals surface area (Å²) in [6.07, 6.45) is 11.6. The predicted octanol–water partition coefficient (Wildman–Crippen LogP) is 3.35. The molecule has 0 amide bonds. The van der Waals surface area contributed by atoms with Crippen molar-refractivity contribution >= 4 is 12.6 Å². The highest BCUT2D eigenvalue weighted by Crippen LogP contribution is 2.27. The van der Waals surface area contributed by atoms with Crippen LogP contribution in [0, 0.1) is 5.92 Å². The molecule has 0 spiro atoms. The van der Waals surface area contributed by atoms with Crippen molar-refractivity contribution in [1.82, 2.24) is 4.90 Å². The molecule has 18 heavy (non-hydrogen) atoms. The third-order valence-corrected chi connectivity index (χ3v) is 4.29. The summed E-state index contributed by atoms with van der Waals surface area (Å²) in [5, 5.41) is 9.24. The van der Waals surface area contributed by atoms with Crippen LogP contribution in [0.2, 0.25) is 0 Å². The highest BCUT2D eigenvalue weighted by Gasteiger charge is 2.27. The van der Waals surface area contributed by atoms with Crippen LogP contribution in [0.4, 0.5) is 0 Å². The van der Waals surface area contributed by atoms with Crippen molar-refractivity contribution in [2.45, 2.75) is 63.9 Å². The van der Waals surface area contributed by atoms with Crippen molar-refractivity contribution in [3.8, 4) is 0 Å². The van der Waals surface area contributed by atoms with Crippen molar-refractivity contribution in [2.75, 3.05) is 25.9 Å². The van der Waals surface area contributed by atoms with Gasteiger partial charge in [0.25, 0.3) is 0 Å². The summed E-state index contributed by atoms with van der Waals surface area (Å²) in [5.41, 5.74) is 0. The summed E-state index contributed by atoms with van der Waals surface area (Å²) >= 11 is 4.23. The second kappa shape index (κ2) is 10.1. The molecule has 0 bridgehead atoms. The molecule has 0 aromatic carbocycles. The predicted molar refractivity (Wildman–Crippen MR) is 82.4 cm³/mol. The lowest BCUT2D eigenvalue weighted by atomic mass is 9.82. The second-order valence-electron chi connectivity index (χ2n) is 5.95. The first-order valence-corrected chi connectivity index (χ1v) is 8.33. The van der Waals surface area contributed by atoms with Gasteiger partial charge >= 0.3 is 0 Å². The smallest absolute Gasteiger partial charge is 0.0546 e. The van der Waals surface area contributed by atoms with Crippen molar-refractivity contribution < 1.29 is 5.11 Å². The van der Waals surface area contributed by atoms with Gasteiger partial charge in [0, 0.05) is 6.54 Å². The fraction of sp³-hybridized carbons (Fsp3) is 1.00. The average Bonchev–Trinajstić information content (AvgIpc) is 2.30. The van der Waals surface area contributed by atoms with E-state index in [1.165, 1.54) is 58.0 Å². The van der Waals surface area contributed by atoms with E-state index in [1.54, 1.807) is 0 Å². The molecule has 0 saturated heterocycles. The number of hydrogen-bond acceptors (Lipinski definition) is 3. The van der Waals surface area contributed by atoms with Crippen molar-refractivity contribution in [3.05, 3.63) is 0 Å². The first-order valence-electron chi connectivity index (χ1n) is 7.70. The Kier molecular flexibility index (Phi) is 9.16. The third kappa shape index (κ3) is 7.65. The minimum Gasteiger partial charge on any atom is -0.393 e. The van der Waals surface area contributed by atoms with Crippen LogP contribution in [-0.4, -0.2) is 42.0 Å². The van der Waals surface area contributed by atoms with Crippen LogP contribution in [0.3, 0.4) is 0 Å². The van der Waals surface area contributed by atoms with Gasteiger partial charge in [-0.1, -0.05) is 32.1 Å². The summed E-state index contributed by atoms with van der Waals surface area (Å²) in [5.74, 6) is 1.80. The third-order valence-electron chi connectivity index (χ3n) is 3.98. The number of hydrogen-bond donors (Lipinski definition) is 2. The first kappa shape index (κ1) is 16.3. The monoisotopic (exact) mass is 273 g/mol. The van der Waals surface area contributed by atoms with Crippen molar-refractivity contribution in [1.29, 1.82) is 0 Å². The minimum atomic E-state index is 0.000606. The number of thiol groups is 1. The summed E-state index contributed by atoms with van der Waals surface area (Å²) in [6, 6.07) is 0. The Labute approximate surface area is 119 Å². The van der Waals surface area contributed by atoms with Gasteiger partial charge < -0.3 is 10.0 Å². The standard InChI is InChI=1S/C15H31NOS/c1-16(13-14-11-15(17)12-14)9-7-5-3-2-4-6-8-10-18/h14-15,17-18H,2-13H2,1H3. The molecule has 1 fully saturated rings. The van der Waals surface area contributed by atoms with E-state index in [0.29, 0.717) is 0 Å². The maximum Gasteiger partial charge on any atom is 0.0546 e. The van der Waals surface area contributed by atoms with Gasteiger partial charge in [-0.05, 0) is 50.9 Å². The van der Waals surface area contributed by atoms with E-state index in [1.807, 2.05) is 0 Å². The molecule has 0 heterocycles. The van der Waals surface area contributed by atoms with E-state index in [0.717, 1.165) is 24.5 Å². The van der Waals surface area contributed by atoms with Gasteiger partial charge in [0.05, 0.1) is 6.10 Å². The lowest BCUT2D eigenvalue weighted by Crippen LogP contribution is -2.37. The lowest BCUT2D eigenvalue weighted by molar-refractivity contribution is 0.0282. The molecule has 0 radical (unpaired) electrons. The van der Waals surface area contributed by atoms with Crippen LogP contribution < -0.4 is 0 Å². The van der Waals surface area contributed by atoms with Gasteiger partial charge in [0.1, 0.15) is 0 Å². The zero-order chi connectivity index (χ0) is 13.2. The van der Waals surface area contributed by atoms with Gasteiger partial charge in [-0.25, -0.2) is 0 Å². The maximum absolute atomic E-state index is 9.24. The molecule has 3 heteroatoms. The number of unbranched alkanes of at least 4 members (excludes halogenated alkanes) is 6. The normalized spacial score (nSPS) is 23.3. The summed E-state index contributed by atoms with van der Waals surface area (Å²) in [6.45, 7) is 2.40. The molecular formula is C15H31NOS. The van der Waals surface area contributed by atoms with E-state index in [2.05, 4.69) is 24.6 Å². The van der Waals surface area contributed by atoms with Crippen molar-refractivity contribution in [2.24, 2.45) is 5.92 Å². The number of nitrogens with zero attached hydrogens (tertiary/aromatic N) is 1. The molecule has 1 aliphatic carbocycles. The van der Waals surface area contributed by atoms with Crippen LogP contribution in [0.5, 0.6) is 0 Å². The molecule has 0 aromatic heterocycles. The largest absolute Gasteiger partial charge is 0.393 e. The highest BCUT2D eigenvalue weighted by atomic mass is 32.1. The molecule has 1 rings (SSSR count). The van der Waals surface area contributed by atoms with Gasteiger partial charge in [0.2, 0.25) is 0 Å². The summed E-state index contributed by atoms with van der Waals surface area (Å²) in [7, 11) is 2.22. The molecule has 0 aromatic rings. The molecule has 0 unspecified atom stereocenters. The average molecular weight is 273 g/mol. The Morgan fingerprint density at radius 2 is 1.56 bits per heavy atom. The number of aliphatic hydroxyl groups excluding tert-OH is 1. The number of rotatable bonds is 11. The van der Waals surface area contributed by atoms with Gasteiger partial charge in [-0.3, -0.25) is 0 Å². The van der Waals surface area contributed by atoms with Gasteiger partial charge in [-0.2, -0.15) is 12.6 Å². The molecule has 2 nitrogen and oxygen atoms in total. The first-order chi connectivity index (χ1) is 8.72. The molecule has 0 aliphatic heterocycles. The SMILES string of the molecule is CN(CCCCCCCCCS)CC1CC(O)C1. The van der Waals surface area contributed by atoms with Crippen LogP contribution in [0.1, 0.15) is 57.8 Å². The molecule has 108 valence electrons. The molecule has 0 atom stereocenters. The van der Waals surface area contributed by atoms with Gasteiger partial charge in [-0.15, -0.1) is 0 Å². The highest BCUT2D eigenvalue weighted by molar-refractivity contribution is 7.80. The molecule has 1 aliphatic rings. The molecular weight excluding hydrogens is 242 g/mol. The van der Waals surface area contributed by atoms with Crippen LogP contribution in [0.25, 0.3) is 0 Å². The van der Waals surface area contributed by atoms with Crippen LogP contribution in [0.15, 0.2) is 0 Å². The summed E-state index contributed by atoms with van der Waals surface area (Å²) in [4.78, 5) is 2.44. The fourth-order valence-electron chi connectivity index (χ4n) is 2.76. The minimum absolute atomic E-state index is 0.000606. The van der Waals surface area contributed by atoms with Crippen molar-refractivity contribution in [3.63, 3.8) is 0 Å². The molecule has 1 N–H and O–H groups in total. The topological polar surface area (TPSA) is 23.5 Å². The van der Waals surface area contributed by atoms with Gasteiger partial charge in [0.15, 0.2) is 0 Å². The maximum atomic E-state index is 9.24. The Hall–Kier alpha value is 0.270. The van der Waals surface area contributed by atoms with Crippen LogP contribution >= 0.6 is 12.6 Å². The zero-order valence-corrected chi connectivity index (χ0v) is 12.9. The Morgan fingerprint density at radius 3 is 2.11 bits per heavy atom. The quantitative estimate of drug-likeness (QED) is 0.445. The summed E-state index contributed by atoms with van der Waals surface area (Å²) < 4.78 is 0. The zero-order valence-electron chi connectivity index (χ0n) is 12.0. The Balaban J connectivity index is 1.79. The Bertz CT molecular complexity index is 195. The second-order valence-corrected chi connectivity index (χ2v) is 6.40. The van der Waals surface area contributed by atoms with E-state index < -0.39 is 0 Å². The van der Waals surface area contributed by atoms with E-state index in [-0.39, 0.29) is 6.10 Å². The molecule has 1 saturated carbocycles. The fourth-order valence-corrected chi connectivity index (χ4v) is 2.98. The van der Waals surface area contributed by atoms with E-state index in [9.17, 15) is 5.11 Å². The number of aliphatic hydroxyl groups is 1. The van der Waals surface area contributed by atoms with E-state index in [4.69, 9.17) is 0 Å².